The van der Waals surface area contributed by atoms with Crippen LogP contribution >= 0.6 is 0 Å². The van der Waals surface area contributed by atoms with E-state index in [1.54, 1.807) is 0 Å². The molecule has 2 aromatic rings. The van der Waals surface area contributed by atoms with Crippen LogP contribution in [0.25, 0.3) is 0 Å². The minimum atomic E-state index is -0.317. The molecule has 1 aliphatic rings. The first kappa shape index (κ1) is 17.6. The third-order valence-corrected chi connectivity index (χ3v) is 4.61. The normalized spacial score (nSPS) is 15.2. The van der Waals surface area contributed by atoms with Gasteiger partial charge in [-0.15, -0.1) is 0 Å². The van der Waals surface area contributed by atoms with E-state index in [9.17, 15) is 9.90 Å². The van der Waals surface area contributed by atoms with Crippen molar-refractivity contribution in [1.29, 1.82) is 0 Å². The maximum absolute atomic E-state index is 12.4. The molecule has 132 valence electrons. The van der Waals surface area contributed by atoms with Crippen molar-refractivity contribution in [3.63, 3.8) is 0 Å². The maximum atomic E-state index is 12.4. The number of carbonyl (C=O) groups excluding carboxylic acids is 1. The summed E-state index contributed by atoms with van der Waals surface area (Å²) in [7, 11) is 1.88. The lowest BCUT2D eigenvalue weighted by molar-refractivity contribution is -0.117. The molecule has 1 amide bonds. The number of nitrogens with one attached hydrogen (secondary N) is 1. The first-order valence-electron chi connectivity index (χ1n) is 8.90. The van der Waals surface area contributed by atoms with Gasteiger partial charge in [-0.1, -0.05) is 48.5 Å². The summed E-state index contributed by atoms with van der Waals surface area (Å²) in [5.74, 6) is 0.378. The van der Waals surface area contributed by atoms with Crippen LogP contribution in [0.4, 0.5) is 5.69 Å². The van der Waals surface area contributed by atoms with Crippen LogP contribution in [0.5, 0.6) is 0 Å². The Labute approximate surface area is 149 Å². The van der Waals surface area contributed by atoms with Crippen molar-refractivity contribution >= 4 is 11.6 Å². The van der Waals surface area contributed by atoms with Crippen molar-refractivity contribution < 1.29 is 9.90 Å². The highest BCUT2D eigenvalue weighted by molar-refractivity contribution is 5.93. The second kappa shape index (κ2) is 8.28. The molecule has 4 heteroatoms. The van der Waals surface area contributed by atoms with E-state index >= 15 is 0 Å². The quantitative estimate of drug-likeness (QED) is 0.778. The molecule has 2 aromatic carbocycles. The summed E-state index contributed by atoms with van der Waals surface area (Å²) >= 11 is 0. The Morgan fingerprint density at radius 2 is 1.84 bits per heavy atom. The summed E-state index contributed by atoms with van der Waals surface area (Å²) in [6, 6.07) is 18.1. The van der Waals surface area contributed by atoms with Crippen molar-refractivity contribution in [2.75, 3.05) is 25.5 Å². The van der Waals surface area contributed by atoms with E-state index in [0.29, 0.717) is 12.5 Å². The van der Waals surface area contributed by atoms with Crippen LogP contribution in [0, 0.1) is 5.92 Å². The summed E-state index contributed by atoms with van der Waals surface area (Å²) < 4.78 is 0. The second-order valence-electron chi connectivity index (χ2n) is 6.97. The molecule has 0 aliphatic heterocycles. The van der Waals surface area contributed by atoms with Crippen molar-refractivity contribution in [2.45, 2.75) is 25.4 Å². The van der Waals surface area contributed by atoms with E-state index in [1.165, 1.54) is 5.56 Å². The Morgan fingerprint density at radius 3 is 2.56 bits per heavy atom. The number of benzene rings is 2. The average molecular weight is 338 g/mol. The van der Waals surface area contributed by atoms with Crippen LogP contribution in [0.2, 0.25) is 0 Å². The fourth-order valence-electron chi connectivity index (χ4n) is 3.06. The molecular weight excluding hydrogens is 312 g/mol. The van der Waals surface area contributed by atoms with Gasteiger partial charge in [-0.05, 0) is 49.4 Å². The van der Waals surface area contributed by atoms with Crippen molar-refractivity contribution in [3.05, 3.63) is 65.7 Å². The van der Waals surface area contributed by atoms with Gasteiger partial charge in [0.25, 0.3) is 0 Å². The number of rotatable bonds is 8. The Hall–Kier alpha value is -2.17. The zero-order valence-electron chi connectivity index (χ0n) is 14.7. The topological polar surface area (TPSA) is 52.6 Å². The van der Waals surface area contributed by atoms with Gasteiger partial charge in [0.05, 0.1) is 12.6 Å². The molecular formula is C21H26N2O2. The number of hydrogen-bond donors (Lipinski definition) is 2. The highest BCUT2D eigenvalue weighted by Gasteiger charge is 2.30. The maximum Gasteiger partial charge on any atom is 0.238 e. The predicted octanol–water partition coefficient (Wildman–Crippen LogP) is 2.92. The largest absolute Gasteiger partial charge is 0.392 e. The zero-order valence-corrected chi connectivity index (χ0v) is 14.7. The van der Waals surface area contributed by atoms with Crippen LogP contribution in [0.1, 0.15) is 24.0 Å². The smallest absolute Gasteiger partial charge is 0.238 e. The number of aliphatic hydroxyl groups excluding tert-OH is 1. The van der Waals surface area contributed by atoms with Gasteiger partial charge in [0.2, 0.25) is 5.91 Å². The standard InChI is InChI=1S/C21H26N2O2/c1-23(14-20(24)17-11-12-17)15-21(25)22-19-10-6-5-9-18(19)13-16-7-3-2-4-8-16/h2-10,17,20,24H,11-15H2,1H3,(H,22,25). The predicted molar refractivity (Wildman–Crippen MR) is 101 cm³/mol. The zero-order chi connectivity index (χ0) is 17.6. The number of aliphatic hydroxyl groups is 1. The number of anilines is 1. The first-order chi connectivity index (χ1) is 12.1. The fraction of sp³-hybridized carbons (Fsp3) is 0.381. The van der Waals surface area contributed by atoms with Gasteiger partial charge in [-0.2, -0.15) is 0 Å². The van der Waals surface area contributed by atoms with Gasteiger partial charge >= 0.3 is 0 Å². The number of para-hydroxylation sites is 1. The van der Waals surface area contributed by atoms with E-state index in [-0.39, 0.29) is 18.6 Å². The molecule has 1 unspecified atom stereocenters. The van der Waals surface area contributed by atoms with Crippen molar-refractivity contribution in [1.82, 2.24) is 4.90 Å². The highest BCUT2D eigenvalue weighted by atomic mass is 16.3. The summed E-state index contributed by atoms with van der Waals surface area (Å²) in [4.78, 5) is 14.2. The molecule has 0 saturated heterocycles. The molecule has 1 aliphatic carbocycles. The van der Waals surface area contributed by atoms with Crippen LogP contribution in [-0.2, 0) is 11.2 Å². The number of hydrogen-bond acceptors (Lipinski definition) is 3. The number of carbonyl (C=O) groups is 1. The highest BCUT2D eigenvalue weighted by Crippen LogP contribution is 2.32. The van der Waals surface area contributed by atoms with Crippen LogP contribution in [0.15, 0.2) is 54.6 Å². The Balaban J connectivity index is 1.57. The molecule has 0 bridgehead atoms. The van der Waals surface area contributed by atoms with Gasteiger partial charge in [0, 0.05) is 12.2 Å². The molecule has 0 aromatic heterocycles. The van der Waals surface area contributed by atoms with Gasteiger partial charge in [0.15, 0.2) is 0 Å². The van der Waals surface area contributed by atoms with Crippen LogP contribution in [-0.4, -0.2) is 42.2 Å². The lowest BCUT2D eigenvalue weighted by Gasteiger charge is -2.20. The first-order valence-corrected chi connectivity index (χ1v) is 8.90. The Morgan fingerprint density at radius 1 is 1.16 bits per heavy atom. The van der Waals surface area contributed by atoms with E-state index in [2.05, 4.69) is 17.4 Å². The van der Waals surface area contributed by atoms with E-state index in [0.717, 1.165) is 30.5 Å². The molecule has 2 N–H and O–H groups in total. The van der Waals surface area contributed by atoms with Gasteiger partial charge in [-0.25, -0.2) is 0 Å². The number of likely N-dealkylation sites (N-methyl/N-ethyl adjacent to an activating group) is 1. The monoisotopic (exact) mass is 338 g/mol. The van der Waals surface area contributed by atoms with Crippen LogP contribution in [0.3, 0.4) is 0 Å². The minimum absolute atomic E-state index is 0.0500. The molecule has 0 radical (unpaired) electrons. The van der Waals surface area contributed by atoms with Crippen molar-refractivity contribution in [2.24, 2.45) is 5.92 Å². The molecule has 3 rings (SSSR count). The molecule has 0 spiro atoms. The number of nitrogens with zero attached hydrogens (tertiary/aromatic N) is 1. The summed E-state index contributed by atoms with van der Waals surface area (Å²) in [6.45, 7) is 0.827. The fourth-order valence-corrected chi connectivity index (χ4v) is 3.06. The van der Waals surface area contributed by atoms with Gasteiger partial charge in [-0.3, -0.25) is 9.69 Å². The summed E-state index contributed by atoms with van der Waals surface area (Å²) in [5.41, 5.74) is 3.17. The van der Waals surface area contributed by atoms with Crippen LogP contribution < -0.4 is 5.32 Å². The second-order valence-corrected chi connectivity index (χ2v) is 6.97. The Kier molecular flexibility index (Phi) is 5.84. The SMILES string of the molecule is CN(CC(=O)Nc1ccccc1Cc1ccccc1)CC(O)C1CC1. The molecule has 25 heavy (non-hydrogen) atoms. The summed E-state index contributed by atoms with van der Waals surface area (Å²) in [5, 5.41) is 13.0. The minimum Gasteiger partial charge on any atom is -0.392 e. The molecule has 0 heterocycles. The lowest BCUT2D eigenvalue weighted by atomic mass is 10.0. The van der Waals surface area contributed by atoms with E-state index < -0.39 is 0 Å². The third kappa shape index (κ3) is 5.41. The molecule has 4 nitrogen and oxygen atoms in total. The third-order valence-electron chi connectivity index (χ3n) is 4.61. The van der Waals surface area contributed by atoms with Gasteiger partial charge < -0.3 is 10.4 Å². The van der Waals surface area contributed by atoms with Crippen molar-refractivity contribution in [3.8, 4) is 0 Å². The Bertz CT molecular complexity index is 698. The average Bonchev–Trinajstić information content (AvgIpc) is 3.42. The number of amides is 1. The molecule has 1 fully saturated rings. The summed E-state index contributed by atoms with van der Waals surface area (Å²) in [6.07, 6.45) is 2.68. The molecule has 1 saturated carbocycles. The van der Waals surface area contributed by atoms with E-state index in [4.69, 9.17) is 0 Å². The lowest BCUT2D eigenvalue weighted by Crippen LogP contribution is -2.36. The molecule has 1 atom stereocenters. The van der Waals surface area contributed by atoms with Gasteiger partial charge in [0.1, 0.15) is 0 Å². The van der Waals surface area contributed by atoms with E-state index in [1.807, 2.05) is 54.4 Å².